The summed E-state index contributed by atoms with van der Waals surface area (Å²) in [4.78, 5) is 55.1. The number of esters is 3. The van der Waals surface area contributed by atoms with E-state index in [4.69, 9.17) is 14.2 Å². The van der Waals surface area contributed by atoms with E-state index in [2.05, 4.69) is 6.92 Å². The summed E-state index contributed by atoms with van der Waals surface area (Å²) in [5.41, 5.74) is -5.56. The summed E-state index contributed by atoms with van der Waals surface area (Å²) in [5.74, 6) is -4.70. The lowest BCUT2D eigenvalue weighted by molar-refractivity contribution is -0.192. The van der Waals surface area contributed by atoms with Gasteiger partial charge in [-0.25, -0.2) is 9.59 Å². The highest BCUT2D eigenvalue weighted by molar-refractivity contribution is 5.96. The third kappa shape index (κ3) is 5.93. The first kappa shape index (κ1) is 37.6. The van der Waals surface area contributed by atoms with Gasteiger partial charge in [-0.05, 0) is 61.1 Å². The molecule has 10 nitrogen and oxygen atoms in total. The molecule has 52 heavy (non-hydrogen) atoms. The minimum atomic E-state index is -2.41. The van der Waals surface area contributed by atoms with Crippen LogP contribution in [-0.2, 0) is 23.8 Å². The standard InChI is InChI=1S/C42H50O10/c1-5-6-7-8-15-20-32(43)52-41-23-27(3)40-22-26(2)34(44)42(40,49)35(45)30(24-50-37(47)28-16-11-9-12-17-28)21-31(36(40)46)33(41)39(41,4)25-51-38(48)29-18-13-10-14-19-29/h9-14,16-19,21-22,27,31,33-35,44-45,49H,5-8,15,20,23-25H2,1-4H3. The Bertz CT molecular complexity index is 1750. The van der Waals surface area contributed by atoms with Crippen molar-refractivity contribution in [3.05, 3.63) is 95.1 Å². The Labute approximate surface area is 304 Å². The number of Topliss-reactive ketones (excluding diaryl/α,β-unsaturated/α-hetero) is 1. The number of unbranched alkanes of at least 4 members (excludes halogenated alkanes) is 4. The lowest BCUT2D eigenvalue weighted by Crippen LogP contribution is -2.65. The van der Waals surface area contributed by atoms with Crippen LogP contribution in [0, 0.1) is 28.6 Å². The van der Waals surface area contributed by atoms with Crippen molar-refractivity contribution in [2.75, 3.05) is 13.2 Å². The summed E-state index contributed by atoms with van der Waals surface area (Å²) in [6.45, 7) is 6.66. The van der Waals surface area contributed by atoms with Crippen molar-refractivity contribution < 1.29 is 48.7 Å². The number of allylic oxidation sites excluding steroid dienone is 1. The first-order valence-corrected chi connectivity index (χ1v) is 18.5. The smallest absolute Gasteiger partial charge is 0.338 e. The number of rotatable bonds is 13. The van der Waals surface area contributed by atoms with Crippen LogP contribution in [0.2, 0.25) is 0 Å². The second kappa shape index (κ2) is 14.4. The summed E-state index contributed by atoms with van der Waals surface area (Å²) < 4.78 is 18.0. The Hall–Kier alpha value is -4.12. The summed E-state index contributed by atoms with van der Waals surface area (Å²) in [7, 11) is 0. The number of hydrogen-bond donors (Lipinski definition) is 3. The average molecular weight is 715 g/mol. The van der Waals surface area contributed by atoms with Gasteiger partial charge in [-0.2, -0.15) is 0 Å². The SMILES string of the molecule is CCCCCCCC(=O)OC12CC(C)C34C=C(C)C(O)C3(O)C(O)C(COC(=O)c3ccccc3)=CC(C4=O)C1C2(C)COC(=O)c1ccccc1. The van der Waals surface area contributed by atoms with Crippen molar-refractivity contribution in [2.45, 2.75) is 96.1 Å². The molecule has 2 aromatic rings. The molecular weight excluding hydrogens is 664 g/mol. The Kier molecular flexibility index (Phi) is 10.4. The fourth-order valence-corrected chi connectivity index (χ4v) is 9.55. The molecule has 0 aromatic heterocycles. The number of aliphatic hydroxyl groups excluding tert-OH is 2. The van der Waals surface area contributed by atoms with E-state index < -0.39 is 82.3 Å². The highest BCUT2D eigenvalue weighted by atomic mass is 16.6. The number of ketones is 1. The van der Waals surface area contributed by atoms with Crippen molar-refractivity contribution in [1.82, 2.24) is 0 Å². The summed E-state index contributed by atoms with van der Waals surface area (Å²) in [6, 6.07) is 16.8. The molecule has 4 aliphatic carbocycles. The molecule has 0 amide bonds. The lowest BCUT2D eigenvalue weighted by atomic mass is 9.59. The Balaban J connectivity index is 1.41. The van der Waals surface area contributed by atoms with Gasteiger partial charge in [0.05, 0.1) is 16.5 Å². The van der Waals surface area contributed by atoms with Gasteiger partial charge in [0.15, 0.2) is 5.78 Å². The maximum Gasteiger partial charge on any atom is 0.338 e. The van der Waals surface area contributed by atoms with Gasteiger partial charge in [-0.1, -0.05) is 95.0 Å². The normalized spacial score (nSPS) is 34.4. The predicted molar refractivity (Wildman–Crippen MR) is 191 cm³/mol. The van der Waals surface area contributed by atoms with E-state index in [0.29, 0.717) is 17.6 Å². The van der Waals surface area contributed by atoms with E-state index in [1.54, 1.807) is 80.6 Å². The van der Waals surface area contributed by atoms with E-state index in [0.717, 1.165) is 25.7 Å². The van der Waals surface area contributed by atoms with Gasteiger partial charge in [0.2, 0.25) is 0 Å². The van der Waals surface area contributed by atoms with Crippen LogP contribution in [0.15, 0.2) is 84.0 Å². The highest BCUT2D eigenvalue weighted by Crippen LogP contribution is 2.75. The van der Waals surface area contributed by atoms with Crippen molar-refractivity contribution >= 4 is 23.7 Å². The van der Waals surface area contributed by atoms with Crippen LogP contribution in [0.4, 0.5) is 0 Å². The molecule has 0 radical (unpaired) electrons. The molecule has 2 fully saturated rings. The molecule has 10 heteroatoms. The molecule has 4 aliphatic rings. The molecule has 0 aliphatic heterocycles. The maximum absolute atomic E-state index is 15.2. The summed E-state index contributed by atoms with van der Waals surface area (Å²) in [5, 5.41) is 36.1. The highest BCUT2D eigenvalue weighted by Gasteiger charge is 2.85. The van der Waals surface area contributed by atoms with Crippen molar-refractivity contribution in [2.24, 2.45) is 28.6 Å². The fourth-order valence-electron chi connectivity index (χ4n) is 9.55. The first-order chi connectivity index (χ1) is 24.8. The Morgan fingerprint density at radius 2 is 1.46 bits per heavy atom. The molecule has 3 N–H and O–H groups in total. The van der Waals surface area contributed by atoms with Crippen molar-refractivity contribution in [3.8, 4) is 0 Å². The van der Waals surface area contributed by atoms with Gasteiger partial charge in [-0.15, -0.1) is 0 Å². The molecule has 1 spiro atoms. The zero-order valence-corrected chi connectivity index (χ0v) is 30.4. The van der Waals surface area contributed by atoms with Crippen LogP contribution in [0.3, 0.4) is 0 Å². The van der Waals surface area contributed by atoms with Gasteiger partial charge in [0, 0.05) is 23.7 Å². The lowest BCUT2D eigenvalue weighted by Gasteiger charge is -2.48. The number of fused-ring (bicyclic) bond motifs is 3. The molecule has 2 aromatic carbocycles. The van der Waals surface area contributed by atoms with Gasteiger partial charge >= 0.3 is 17.9 Å². The topological polar surface area (TPSA) is 157 Å². The average Bonchev–Trinajstić information content (AvgIpc) is 3.60. The molecule has 0 saturated heterocycles. The molecule has 2 bridgehead atoms. The van der Waals surface area contributed by atoms with Crippen LogP contribution in [0.5, 0.6) is 0 Å². The number of carbonyl (C=O) groups is 4. The minimum absolute atomic E-state index is 0.0370. The zero-order chi connectivity index (χ0) is 37.5. The second-order valence-corrected chi connectivity index (χ2v) is 15.4. The quantitative estimate of drug-likeness (QED) is 0.104. The van der Waals surface area contributed by atoms with E-state index in [-0.39, 0.29) is 30.6 Å². The third-order valence-corrected chi connectivity index (χ3v) is 12.3. The monoisotopic (exact) mass is 714 g/mol. The van der Waals surface area contributed by atoms with Crippen molar-refractivity contribution in [3.63, 3.8) is 0 Å². The van der Waals surface area contributed by atoms with Crippen molar-refractivity contribution in [1.29, 1.82) is 0 Å². The molecule has 9 atom stereocenters. The fraction of sp³-hybridized carbons (Fsp3) is 0.524. The molecular formula is C42H50O10. The van der Waals surface area contributed by atoms with Crippen LogP contribution < -0.4 is 0 Å². The zero-order valence-electron chi connectivity index (χ0n) is 30.4. The van der Waals surface area contributed by atoms with E-state index in [1.807, 2.05) is 6.92 Å². The second-order valence-electron chi connectivity index (χ2n) is 15.4. The van der Waals surface area contributed by atoms with Crippen LogP contribution in [0.25, 0.3) is 0 Å². The summed E-state index contributed by atoms with van der Waals surface area (Å²) >= 11 is 0. The molecule has 278 valence electrons. The van der Waals surface area contributed by atoms with Crippen LogP contribution >= 0.6 is 0 Å². The largest absolute Gasteiger partial charge is 0.461 e. The minimum Gasteiger partial charge on any atom is -0.461 e. The van der Waals surface area contributed by atoms with Gasteiger partial charge < -0.3 is 29.5 Å². The maximum atomic E-state index is 15.2. The number of carbonyl (C=O) groups excluding carboxylic acids is 4. The molecule has 2 saturated carbocycles. The number of benzene rings is 2. The molecule has 0 heterocycles. The van der Waals surface area contributed by atoms with E-state index in [9.17, 15) is 29.7 Å². The van der Waals surface area contributed by atoms with Gasteiger partial charge in [0.1, 0.15) is 36.6 Å². The molecule has 9 unspecified atom stereocenters. The van der Waals surface area contributed by atoms with Crippen LogP contribution in [0.1, 0.15) is 93.4 Å². The van der Waals surface area contributed by atoms with Gasteiger partial charge in [0.25, 0.3) is 0 Å². The summed E-state index contributed by atoms with van der Waals surface area (Å²) in [6.07, 6.45) is 4.57. The van der Waals surface area contributed by atoms with E-state index >= 15 is 4.79 Å². The Morgan fingerprint density at radius 1 is 0.865 bits per heavy atom. The van der Waals surface area contributed by atoms with Gasteiger partial charge in [-0.3, -0.25) is 9.59 Å². The van der Waals surface area contributed by atoms with Crippen LogP contribution in [-0.4, -0.2) is 75.6 Å². The number of ether oxygens (including phenoxy) is 3. The third-order valence-electron chi connectivity index (χ3n) is 12.3. The first-order valence-electron chi connectivity index (χ1n) is 18.5. The van der Waals surface area contributed by atoms with E-state index in [1.165, 1.54) is 6.08 Å². The number of aliphatic hydroxyl groups is 3. The number of hydrogen-bond acceptors (Lipinski definition) is 10. The molecule has 6 rings (SSSR count). The Morgan fingerprint density at radius 3 is 2.08 bits per heavy atom. The predicted octanol–water partition coefficient (Wildman–Crippen LogP) is 5.54.